The molecule has 2 aromatic carbocycles. The van der Waals surface area contributed by atoms with Crippen LogP contribution in [0, 0.1) is 15.9 Å². The highest BCUT2D eigenvalue weighted by Crippen LogP contribution is 2.31. The van der Waals surface area contributed by atoms with E-state index in [2.05, 4.69) is 0 Å². The Kier molecular flexibility index (Phi) is 5.32. The number of anilines is 1. The van der Waals surface area contributed by atoms with Crippen LogP contribution in [0.4, 0.5) is 15.8 Å². The summed E-state index contributed by atoms with van der Waals surface area (Å²) in [5.74, 6) is -0.659. The predicted molar refractivity (Wildman–Crippen MR) is 101 cm³/mol. The lowest BCUT2D eigenvalue weighted by molar-refractivity contribution is -0.384. The van der Waals surface area contributed by atoms with Gasteiger partial charge in [0.1, 0.15) is 11.5 Å². The van der Waals surface area contributed by atoms with Crippen LogP contribution in [0.25, 0.3) is 0 Å². The maximum Gasteiger partial charge on any atom is 0.293 e. The van der Waals surface area contributed by atoms with Gasteiger partial charge in [-0.2, -0.15) is 0 Å². The predicted octanol–water partition coefficient (Wildman–Crippen LogP) is 2.10. The largest absolute Gasteiger partial charge is 0.362 e. The summed E-state index contributed by atoms with van der Waals surface area (Å²) in [5, 5.41) is 11.4. The molecule has 10 heteroatoms. The van der Waals surface area contributed by atoms with Crippen molar-refractivity contribution in [2.24, 2.45) is 0 Å². The van der Waals surface area contributed by atoms with E-state index in [1.54, 1.807) is 9.80 Å². The van der Waals surface area contributed by atoms with Gasteiger partial charge in [-0.15, -0.1) is 0 Å². The van der Waals surface area contributed by atoms with Crippen molar-refractivity contribution in [1.29, 1.82) is 0 Å². The lowest BCUT2D eigenvalue weighted by Gasteiger charge is -2.35. The molecule has 0 bridgehead atoms. The first-order valence-electron chi connectivity index (χ1n) is 8.45. The third-order valence-electron chi connectivity index (χ3n) is 4.57. The Morgan fingerprint density at radius 3 is 2.21 bits per heavy atom. The fourth-order valence-corrected chi connectivity index (χ4v) is 3.71. The Balaban J connectivity index is 1.77. The molecule has 28 heavy (non-hydrogen) atoms. The standard InChI is InChI=1S/C18H18FN3O5S/c1-28(26,27)15-6-7-16(17(12-15)22(24)25)20-8-10-21(11-9-20)18(23)13-2-4-14(19)5-3-13/h2-7,12H,8-11H2,1H3. The van der Waals surface area contributed by atoms with E-state index in [1.807, 2.05) is 0 Å². The molecule has 8 nitrogen and oxygen atoms in total. The van der Waals surface area contributed by atoms with Crippen molar-refractivity contribution in [2.45, 2.75) is 4.90 Å². The van der Waals surface area contributed by atoms with Crippen LogP contribution in [-0.4, -0.2) is 56.6 Å². The van der Waals surface area contributed by atoms with Crippen LogP contribution in [0.2, 0.25) is 0 Å². The van der Waals surface area contributed by atoms with Gasteiger partial charge in [0.25, 0.3) is 11.6 Å². The number of benzene rings is 2. The van der Waals surface area contributed by atoms with Crippen LogP contribution in [0.1, 0.15) is 10.4 Å². The monoisotopic (exact) mass is 407 g/mol. The molecule has 1 saturated heterocycles. The van der Waals surface area contributed by atoms with E-state index in [0.717, 1.165) is 12.3 Å². The van der Waals surface area contributed by atoms with Gasteiger partial charge < -0.3 is 9.80 Å². The molecule has 1 amide bonds. The summed E-state index contributed by atoms with van der Waals surface area (Å²) in [7, 11) is -3.56. The Labute approximate surface area is 161 Å². The molecule has 1 aliphatic heterocycles. The summed E-state index contributed by atoms with van der Waals surface area (Å²) < 4.78 is 36.3. The number of rotatable bonds is 4. The van der Waals surface area contributed by atoms with Crippen molar-refractivity contribution in [1.82, 2.24) is 4.90 Å². The first kappa shape index (κ1) is 19.7. The van der Waals surface area contributed by atoms with Crippen LogP contribution in [0.3, 0.4) is 0 Å². The quantitative estimate of drug-likeness (QED) is 0.568. The molecule has 0 atom stereocenters. The number of nitro groups is 1. The molecule has 3 rings (SSSR count). The Morgan fingerprint density at radius 2 is 1.68 bits per heavy atom. The highest BCUT2D eigenvalue weighted by molar-refractivity contribution is 7.90. The lowest BCUT2D eigenvalue weighted by Crippen LogP contribution is -2.49. The molecule has 0 aliphatic carbocycles. The van der Waals surface area contributed by atoms with Gasteiger partial charge in [0.15, 0.2) is 9.84 Å². The van der Waals surface area contributed by atoms with E-state index >= 15 is 0 Å². The van der Waals surface area contributed by atoms with Gasteiger partial charge in [-0.1, -0.05) is 0 Å². The second kappa shape index (κ2) is 7.55. The van der Waals surface area contributed by atoms with Gasteiger partial charge in [0.2, 0.25) is 0 Å². The summed E-state index contributed by atoms with van der Waals surface area (Å²) in [5.41, 5.74) is 0.394. The lowest BCUT2D eigenvalue weighted by atomic mass is 10.1. The minimum Gasteiger partial charge on any atom is -0.362 e. The molecule has 1 fully saturated rings. The Bertz CT molecular complexity index is 1020. The van der Waals surface area contributed by atoms with Crippen LogP contribution in [0.15, 0.2) is 47.4 Å². The molecule has 0 unspecified atom stereocenters. The molecule has 1 heterocycles. The molecule has 0 radical (unpaired) electrons. The fraction of sp³-hybridized carbons (Fsp3) is 0.278. The maximum atomic E-state index is 13.0. The average molecular weight is 407 g/mol. The number of nitro benzene ring substituents is 1. The van der Waals surface area contributed by atoms with Gasteiger partial charge in [0.05, 0.1) is 9.82 Å². The van der Waals surface area contributed by atoms with Crippen molar-refractivity contribution in [3.05, 3.63) is 64.0 Å². The zero-order valence-electron chi connectivity index (χ0n) is 15.0. The van der Waals surface area contributed by atoms with Crippen molar-refractivity contribution >= 4 is 27.1 Å². The summed E-state index contributed by atoms with van der Waals surface area (Å²) >= 11 is 0. The van der Waals surface area contributed by atoms with Crippen LogP contribution >= 0.6 is 0 Å². The molecule has 0 N–H and O–H groups in total. The SMILES string of the molecule is CS(=O)(=O)c1ccc(N2CCN(C(=O)c3ccc(F)cc3)CC2)c([N+](=O)[O-])c1. The molecule has 148 valence electrons. The molecule has 2 aromatic rings. The van der Waals surface area contributed by atoms with Gasteiger partial charge in [-0.25, -0.2) is 12.8 Å². The number of amides is 1. The van der Waals surface area contributed by atoms with Crippen molar-refractivity contribution in [3.63, 3.8) is 0 Å². The molecule has 0 spiro atoms. The highest BCUT2D eigenvalue weighted by atomic mass is 32.2. The Morgan fingerprint density at radius 1 is 1.07 bits per heavy atom. The zero-order valence-corrected chi connectivity index (χ0v) is 15.9. The smallest absolute Gasteiger partial charge is 0.293 e. The number of piperazine rings is 1. The summed E-state index contributed by atoms with van der Waals surface area (Å²) in [6, 6.07) is 9.09. The third-order valence-corrected chi connectivity index (χ3v) is 5.68. The van der Waals surface area contributed by atoms with Gasteiger partial charge in [0, 0.05) is 44.1 Å². The minimum absolute atomic E-state index is 0.118. The average Bonchev–Trinajstić information content (AvgIpc) is 2.67. The highest BCUT2D eigenvalue weighted by Gasteiger charge is 2.27. The number of hydrogen-bond acceptors (Lipinski definition) is 6. The minimum atomic E-state index is -3.56. The first-order chi connectivity index (χ1) is 13.2. The third kappa shape index (κ3) is 4.11. The van der Waals surface area contributed by atoms with Crippen molar-refractivity contribution in [2.75, 3.05) is 37.3 Å². The van der Waals surface area contributed by atoms with Gasteiger partial charge >= 0.3 is 0 Å². The topological polar surface area (TPSA) is 101 Å². The summed E-state index contributed by atoms with van der Waals surface area (Å²) in [6.45, 7) is 1.38. The number of nitrogens with zero attached hydrogens (tertiary/aromatic N) is 3. The number of hydrogen-bond donors (Lipinski definition) is 0. The van der Waals surface area contributed by atoms with E-state index in [4.69, 9.17) is 0 Å². The van der Waals surface area contributed by atoms with Crippen LogP contribution in [0.5, 0.6) is 0 Å². The number of carbonyl (C=O) groups excluding carboxylic acids is 1. The fourth-order valence-electron chi connectivity index (χ4n) is 3.07. The number of carbonyl (C=O) groups is 1. The number of sulfone groups is 1. The van der Waals surface area contributed by atoms with E-state index in [0.29, 0.717) is 37.4 Å². The zero-order chi connectivity index (χ0) is 20.5. The van der Waals surface area contributed by atoms with E-state index < -0.39 is 20.6 Å². The van der Waals surface area contributed by atoms with Crippen molar-refractivity contribution < 1.29 is 22.5 Å². The summed E-state index contributed by atoms with van der Waals surface area (Å²) in [6.07, 6.45) is 0.992. The second-order valence-corrected chi connectivity index (χ2v) is 8.48. The molecular formula is C18H18FN3O5S. The second-order valence-electron chi connectivity index (χ2n) is 6.47. The normalized spacial score (nSPS) is 14.8. The molecule has 1 aliphatic rings. The van der Waals surface area contributed by atoms with Crippen LogP contribution in [-0.2, 0) is 9.84 Å². The van der Waals surface area contributed by atoms with Gasteiger partial charge in [-0.05, 0) is 36.4 Å². The molecular weight excluding hydrogens is 389 g/mol. The van der Waals surface area contributed by atoms with Crippen molar-refractivity contribution in [3.8, 4) is 0 Å². The van der Waals surface area contributed by atoms with E-state index in [-0.39, 0.29) is 16.5 Å². The van der Waals surface area contributed by atoms with Gasteiger partial charge in [-0.3, -0.25) is 14.9 Å². The van der Waals surface area contributed by atoms with E-state index in [9.17, 15) is 27.7 Å². The van der Waals surface area contributed by atoms with Crippen LogP contribution < -0.4 is 4.90 Å². The maximum absolute atomic E-state index is 13.0. The van der Waals surface area contributed by atoms with E-state index in [1.165, 1.54) is 36.4 Å². The summed E-state index contributed by atoms with van der Waals surface area (Å²) in [4.78, 5) is 26.5. The Hall–Kier alpha value is -3.01. The molecule has 0 aromatic heterocycles. The molecule has 0 saturated carbocycles. The number of halogens is 1. The first-order valence-corrected chi connectivity index (χ1v) is 10.3.